The molecule has 0 radical (unpaired) electrons. The summed E-state index contributed by atoms with van der Waals surface area (Å²) >= 11 is 0. The van der Waals surface area contributed by atoms with Crippen LogP contribution in [0.2, 0.25) is 0 Å². The summed E-state index contributed by atoms with van der Waals surface area (Å²) in [5.41, 5.74) is -0.953. The molecule has 3 unspecified atom stereocenters. The average molecular weight is 372 g/mol. The van der Waals surface area contributed by atoms with E-state index >= 15 is 0 Å². The van der Waals surface area contributed by atoms with Gasteiger partial charge in [0.1, 0.15) is 6.07 Å². The normalized spacial score (nSPS) is 32.9. The standard InChI is InChI=1S/C24H24N2O2/c1-6-7-8-10-24-11-9-19-22(2,3)21(28)17(26-5)14-23(19,4)20(24)12-18(27)16(13-24)15-25/h12-14,19H,6-7,9,11H2,1-4H3. The van der Waals surface area contributed by atoms with E-state index in [9.17, 15) is 14.9 Å². The van der Waals surface area contributed by atoms with Gasteiger partial charge in [0, 0.05) is 17.3 Å². The zero-order valence-corrected chi connectivity index (χ0v) is 16.8. The second kappa shape index (κ2) is 6.61. The highest BCUT2D eigenvalue weighted by atomic mass is 16.1. The highest BCUT2D eigenvalue weighted by Crippen LogP contribution is 2.63. The van der Waals surface area contributed by atoms with Gasteiger partial charge in [0.15, 0.2) is 11.6 Å². The van der Waals surface area contributed by atoms with Crippen LogP contribution in [0, 0.1) is 51.9 Å². The van der Waals surface area contributed by atoms with Gasteiger partial charge < -0.3 is 4.79 Å². The minimum Gasteiger partial charge on any atom is -0.307 e. The monoisotopic (exact) mass is 372 g/mol. The summed E-state index contributed by atoms with van der Waals surface area (Å²) in [5, 5.41) is 9.42. The molecular weight excluding hydrogens is 348 g/mol. The maximum absolute atomic E-state index is 12.8. The van der Waals surface area contributed by atoms with E-state index in [-0.39, 0.29) is 28.8 Å². The van der Waals surface area contributed by atoms with Crippen LogP contribution in [0.15, 0.2) is 35.1 Å². The Morgan fingerprint density at radius 1 is 1.29 bits per heavy atom. The zero-order chi connectivity index (χ0) is 20.7. The van der Waals surface area contributed by atoms with Gasteiger partial charge >= 0.3 is 0 Å². The summed E-state index contributed by atoms with van der Waals surface area (Å²) in [6.45, 7) is 15.3. The van der Waals surface area contributed by atoms with Gasteiger partial charge in [-0.25, -0.2) is 4.85 Å². The number of ketones is 2. The minimum atomic E-state index is -0.699. The third-order valence-corrected chi connectivity index (χ3v) is 6.60. The smallest absolute Gasteiger partial charge is 0.226 e. The molecule has 3 aliphatic carbocycles. The maximum Gasteiger partial charge on any atom is 0.226 e. The summed E-state index contributed by atoms with van der Waals surface area (Å²) in [5.74, 6) is 6.09. The summed E-state index contributed by atoms with van der Waals surface area (Å²) in [6.07, 6.45) is 8.09. The first-order valence-electron chi connectivity index (χ1n) is 9.71. The largest absolute Gasteiger partial charge is 0.307 e. The Bertz CT molecular complexity index is 1000. The predicted molar refractivity (Wildman–Crippen MR) is 106 cm³/mol. The molecule has 0 bridgehead atoms. The van der Waals surface area contributed by atoms with Crippen molar-refractivity contribution in [3.8, 4) is 17.9 Å². The fourth-order valence-corrected chi connectivity index (χ4v) is 5.24. The summed E-state index contributed by atoms with van der Waals surface area (Å²) in [6, 6.07) is 2.01. The van der Waals surface area contributed by atoms with Gasteiger partial charge in [-0.15, -0.1) is 5.92 Å². The van der Waals surface area contributed by atoms with Crippen LogP contribution in [0.3, 0.4) is 0 Å². The highest BCUT2D eigenvalue weighted by Gasteiger charge is 2.59. The number of nitriles is 1. The van der Waals surface area contributed by atoms with Gasteiger partial charge in [-0.2, -0.15) is 5.26 Å². The van der Waals surface area contributed by atoms with Crippen molar-refractivity contribution in [1.82, 2.24) is 0 Å². The number of allylic oxidation sites excluding steroid dienone is 6. The Kier molecular flexibility index (Phi) is 4.69. The molecule has 4 heteroatoms. The number of carbonyl (C=O) groups excluding carboxylic acids is 2. The van der Waals surface area contributed by atoms with Crippen molar-refractivity contribution in [2.75, 3.05) is 0 Å². The van der Waals surface area contributed by atoms with E-state index in [1.807, 2.05) is 26.8 Å². The molecule has 0 N–H and O–H groups in total. The van der Waals surface area contributed by atoms with Crippen LogP contribution in [0.1, 0.15) is 53.4 Å². The van der Waals surface area contributed by atoms with Crippen molar-refractivity contribution in [2.24, 2.45) is 22.2 Å². The number of fused-ring (bicyclic) bond motifs is 3. The van der Waals surface area contributed by atoms with Crippen molar-refractivity contribution in [1.29, 1.82) is 5.26 Å². The molecule has 0 aromatic carbocycles. The first kappa shape index (κ1) is 19.9. The fourth-order valence-electron chi connectivity index (χ4n) is 5.24. The lowest BCUT2D eigenvalue weighted by atomic mass is 9.46. The van der Waals surface area contributed by atoms with Crippen molar-refractivity contribution in [3.63, 3.8) is 0 Å². The number of rotatable bonds is 1. The van der Waals surface area contributed by atoms with E-state index in [1.165, 1.54) is 0 Å². The van der Waals surface area contributed by atoms with Gasteiger partial charge in [0.05, 0.1) is 17.6 Å². The molecule has 1 fully saturated rings. The van der Waals surface area contributed by atoms with E-state index in [4.69, 9.17) is 6.57 Å². The third kappa shape index (κ3) is 2.66. The fraction of sp³-hybridized carbons (Fsp3) is 0.500. The second-order valence-corrected chi connectivity index (χ2v) is 8.68. The molecule has 3 aliphatic rings. The number of carbonyl (C=O) groups is 2. The topological polar surface area (TPSA) is 62.3 Å². The number of hydrogen-bond acceptors (Lipinski definition) is 3. The van der Waals surface area contributed by atoms with Crippen molar-refractivity contribution < 1.29 is 9.59 Å². The van der Waals surface area contributed by atoms with E-state index in [0.29, 0.717) is 6.42 Å². The predicted octanol–water partition coefficient (Wildman–Crippen LogP) is 4.56. The Hall–Kier alpha value is -2.90. The van der Waals surface area contributed by atoms with Crippen LogP contribution in [0.5, 0.6) is 0 Å². The van der Waals surface area contributed by atoms with Gasteiger partial charge in [0.2, 0.25) is 5.70 Å². The molecule has 4 nitrogen and oxygen atoms in total. The molecule has 0 aromatic heterocycles. The Balaban J connectivity index is 2.28. The number of hydrogen-bond donors (Lipinski definition) is 0. The summed E-state index contributed by atoms with van der Waals surface area (Å²) in [7, 11) is 0. The summed E-state index contributed by atoms with van der Waals surface area (Å²) < 4.78 is 0. The van der Waals surface area contributed by atoms with Crippen LogP contribution in [0.25, 0.3) is 4.85 Å². The number of nitrogens with zero attached hydrogens (tertiary/aromatic N) is 2. The molecule has 0 aliphatic heterocycles. The van der Waals surface area contributed by atoms with E-state index < -0.39 is 16.2 Å². The van der Waals surface area contributed by atoms with Crippen LogP contribution in [-0.2, 0) is 9.59 Å². The minimum absolute atomic E-state index is 0.0322. The van der Waals surface area contributed by atoms with Crippen molar-refractivity contribution >= 4 is 11.6 Å². The molecule has 0 saturated heterocycles. The Morgan fingerprint density at radius 2 is 2.00 bits per heavy atom. The number of unbranched alkanes of at least 4 members (excludes halogenated alkanes) is 1. The van der Waals surface area contributed by atoms with E-state index in [2.05, 4.69) is 23.6 Å². The van der Waals surface area contributed by atoms with Gasteiger partial charge in [-0.1, -0.05) is 39.7 Å². The second-order valence-electron chi connectivity index (χ2n) is 8.68. The van der Waals surface area contributed by atoms with Gasteiger partial charge in [-0.05, 0) is 42.9 Å². The SMILES string of the molecule is [C-]#[N+]C1=CC2(C)C3=CC(=O)C(C#N)=CC3(C#CCCC)CCC2C(C)(C)C1=O. The zero-order valence-electron chi connectivity index (χ0n) is 16.8. The molecule has 0 spiro atoms. The Labute approximate surface area is 166 Å². The first-order valence-corrected chi connectivity index (χ1v) is 9.71. The molecule has 0 heterocycles. The van der Waals surface area contributed by atoms with Crippen LogP contribution in [0.4, 0.5) is 0 Å². The average Bonchev–Trinajstić information content (AvgIpc) is 2.65. The van der Waals surface area contributed by atoms with Crippen LogP contribution >= 0.6 is 0 Å². The molecule has 3 atom stereocenters. The van der Waals surface area contributed by atoms with Crippen molar-refractivity contribution in [2.45, 2.75) is 53.4 Å². The van der Waals surface area contributed by atoms with Crippen molar-refractivity contribution in [3.05, 3.63) is 46.5 Å². The Morgan fingerprint density at radius 3 is 2.61 bits per heavy atom. The van der Waals surface area contributed by atoms with Gasteiger partial charge in [-0.3, -0.25) is 4.79 Å². The van der Waals surface area contributed by atoms with E-state index in [0.717, 1.165) is 24.8 Å². The molecule has 0 aromatic rings. The lowest BCUT2D eigenvalue weighted by molar-refractivity contribution is -0.130. The van der Waals surface area contributed by atoms with Crippen LogP contribution in [-0.4, -0.2) is 11.6 Å². The molecule has 0 amide bonds. The highest BCUT2D eigenvalue weighted by molar-refractivity contribution is 6.09. The lowest BCUT2D eigenvalue weighted by Crippen LogP contribution is -2.53. The lowest BCUT2D eigenvalue weighted by Gasteiger charge is -2.56. The van der Waals surface area contributed by atoms with Crippen LogP contribution < -0.4 is 0 Å². The first-order chi connectivity index (χ1) is 13.2. The molecule has 28 heavy (non-hydrogen) atoms. The maximum atomic E-state index is 12.8. The number of Topliss-reactive ketones (excluding diaryl/α,β-unsaturated/α-hetero) is 1. The van der Waals surface area contributed by atoms with E-state index in [1.54, 1.807) is 18.2 Å². The summed E-state index contributed by atoms with van der Waals surface area (Å²) in [4.78, 5) is 28.9. The molecule has 3 rings (SSSR count). The quantitative estimate of drug-likeness (QED) is 0.500. The molecule has 142 valence electrons. The molecule has 1 saturated carbocycles. The third-order valence-electron chi connectivity index (χ3n) is 6.60. The molecular formula is C24H24N2O2. The van der Waals surface area contributed by atoms with Gasteiger partial charge in [0.25, 0.3) is 0 Å².